The molecule has 9 heteroatoms. The van der Waals surface area contributed by atoms with E-state index in [1.165, 1.54) is 0 Å². The molecule has 1 spiro atoms. The molecule has 0 aliphatic carbocycles. The van der Waals surface area contributed by atoms with Crippen molar-refractivity contribution in [2.75, 3.05) is 44.8 Å². The molecular weight excluding hydrogens is 436 g/mol. The van der Waals surface area contributed by atoms with Crippen molar-refractivity contribution in [3.05, 3.63) is 36.0 Å². The number of anilines is 1. The Bertz CT molecular complexity index is 1010. The number of aryl methyl sites for hydroxylation is 1. The number of amides is 1. The lowest BCUT2D eigenvalue weighted by Gasteiger charge is -2.47. The maximum Gasteiger partial charge on any atom is 0.410 e. The predicted molar refractivity (Wildman–Crippen MR) is 128 cm³/mol. The molecule has 2 saturated heterocycles. The molecule has 2 aromatic rings. The van der Waals surface area contributed by atoms with E-state index in [9.17, 15) is 4.79 Å². The summed E-state index contributed by atoms with van der Waals surface area (Å²) in [5.74, 6) is 2.49. The topological polar surface area (TPSA) is 86.3 Å². The fourth-order valence-corrected chi connectivity index (χ4v) is 4.25. The molecule has 0 unspecified atom stereocenters. The minimum atomic E-state index is -0.515. The van der Waals surface area contributed by atoms with Crippen LogP contribution in [0.4, 0.5) is 10.7 Å². The van der Waals surface area contributed by atoms with Crippen LogP contribution in [0.2, 0.25) is 0 Å². The summed E-state index contributed by atoms with van der Waals surface area (Å²) in [4.78, 5) is 25.8. The fourth-order valence-electron chi connectivity index (χ4n) is 4.25. The van der Waals surface area contributed by atoms with E-state index in [2.05, 4.69) is 14.9 Å². The van der Waals surface area contributed by atoms with Crippen LogP contribution in [-0.4, -0.2) is 72.1 Å². The number of piperidine rings is 1. The number of ether oxygens (including phenoxy) is 4. The van der Waals surface area contributed by atoms with Crippen molar-refractivity contribution in [3.8, 4) is 17.4 Å². The van der Waals surface area contributed by atoms with Crippen LogP contribution in [0, 0.1) is 6.92 Å². The molecule has 1 aromatic carbocycles. The zero-order valence-electron chi connectivity index (χ0n) is 20.7. The van der Waals surface area contributed by atoms with Gasteiger partial charge in [0.05, 0.1) is 25.9 Å². The molecule has 0 saturated carbocycles. The molecule has 4 rings (SSSR count). The largest absolute Gasteiger partial charge is 0.497 e. The molecular formula is C25H34N4O5. The number of methoxy groups -OCH3 is 1. The van der Waals surface area contributed by atoms with Gasteiger partial charge in [0.15, 0.2) is 0 Å². The lowest BCUT2D eigenvalue weighted by Crippen LogP contribution is -2.58. The summed E-state index contributed by atoms with van der Waals surface area (Å²) in [6, 6.07) is 9.24. The molecule has 0 bridgehead atoms. The van der Waals surface area contributed by atoms with Crippen LogP contribution in [-0.2, 0) is 9.47 Å². The average Bonchev–Trinajstić information content (AvgIpc) is 2.78. The van der Waals surface area contributed by atoms with Gasteiger partial charge >= 0.3 is 6.09 Å². The Kier molecular flexibility index (Phi) is 6.84. The molecule has 1 amide bonds. The number of nitrogens with zero attached hydrogens (tertiary/aromatic N) is 4. The Hall–Kier alpha value is -3.07. The van der Waals surface area contributed by atoms with Gasteiger partial charge in [0.25, 0.3) is 0 Å². The van der Waals surface area contributed by atoms with E-state index in [0.717, 1.165) is 37.4 Å². The maximum absolute atomic E-state index is 12.6. The van der Waals surface area contributed by atoms with E-state index < -0.39 is 5.60 Å². The van der Waals surface area contributed by atoms with Gasteiger partial charge in [0, 0.05) is 37.5 Å². The number of carbonyl (C=O) groups is 1. The summed E-state index contributed by atoms with van der Waals surface area (Å²) < 4.78 is 23.0. The van der Waals surface area contributed by atoms with Crippen molar-refractivity contribution in [1.82, 2.24) is 14.9 Å². The first-order valence-electron chi connectivity index (χ1n) is 11.7. The smallest absolute Gasteiger partial charge is 0.410 e. The summed E-state index contributed by atoms with van der Waals surface area (Å²) in [5.41, 5.74) is -0.0534. The predicted octanol–water partition coefficient (Wildman–Crippen LogP) is 4.19. The van der Waals surface area contributed by atoms with E-state index in [4.69, 9.17) is 18.9 Å². The quantitative estimate of drug-likeness (QED) is 0.657. The summed E-state index contributed by atoms with van der Waals surface area (Å²) in [7, 11) is 1.62. The Morgan fingerprint density at radius 2 is 1.82 bits per heavy atom. The molecule has 0 atom stereocenters. The third-order valence-electron chi connectivity index (χ3n) is 5.94. The van der Waals surface area contributed by atoms with Crippen molar-refractivity contribution < 1.29 is 23.7 Å². The highest BCUT2D eigenvalue weighted by Gasteiger charge is 2.42. The molecule has 2 fully saturated rings. The summed E-state index contributed by atoms with van der Waals surface area (Å²) >= 11 is 0. The van der Waals surface area contributed by atoms with Gasteiger partial charge in [-0.25, -0.2) is 9.78 Å². The first kappa shape index (κ1) is 24.1. The number of benzene rings is 1. The van der Waals surface area contributed by atoms with Gasteiger partial charge in [-0.1, -0.05) is 6.07 Å². The Morgan fingerprint density at radius 3 is 2.53 bits per heavy atom. The van der Waals surface area contributed by atoms with E-state index in [1.54, 1.807) is 12.0 Å². The second-order valence-electron chi connectivity index (χ2n) is 9.85. The van der Waals surface area contributed by atoms with Gasteiger partial charge in [-0.05, 0) is 52.7 Å². The van der Waals surface area contributed by atoms with E-state index in [-0.39, 0.29) is 11.7 Å². The SMILES string of the molecule is COc1cccc(Oc2cc(C)nc(N3CCC4(CC3)CN(C(=O)OC(C)(C)C)CCO4)n2)c1. The van der Waals surface area contributed by atoms with Crippen LogP contribution in [0.25, 0.3) is 0 Å². The average molecular weight is 471 g/mol. The molecule has 9 nitrogen and oxygen atoms in total. The van der Waals surface area contributed by atoms with Gasteiger partial charge in [-0.3, -0.25) is 0 Å². The van der Waals surface area contributed by atoms with Crippen molar-refractivity contribution in [2.24, 2.45) is 0 Å². The van der Waals surface area contributed by atoms with Crippen LogP contribution < -0.4 is 14.4 Å². The van der Waals surface area contributed by atoms with Gasteiger partial charge in [-0.2, -0.15) is 4.98 Å². The Balaban J connectivity index is 1.41. The van der Waals surface area contributed by atoms with E-state index in [1.807, 2.05) is 58.0 Å². The third kappa shape index (κ3) is 5.88. The maximum atomic E-state index is 12.6. The van der Waals surface area contributed by atoms with Crippen LogP contribution in [0.5, 0.6) is 17.4 Å². The molecule has 0 radical (unpaired) electrons. The van der Waals surface area contributed by atoms with E-state index in [0.29, 0.717) is 37.3 Å². The highest BCUT2D eigenvalue weighted by Crippen LogP contribution is 2.33. The number of carbonyl (C=O) groups excluding carboxylic acids is 1. The first-order chi connectivity index (χ1) is 16.1. The van der Waals surface area contributed by atoms with Gasteiger partial charge in [0.1, 0.15) is 17.1 Å². The minimum absolute atomic E-state index is 0.279. The monoisotopic (exact) mass is 470 g/mol. The Morgan fingerprint density at radius 1 is 1.09 bits per heavy atom. The first-order valence-corrected chi connectivity index (χ1v) is 11.7. The molecule has 184 valence electrons. The van der Waals surface area contributed by atoms with Crippen molar-refractivity contribution >= 4 is 12.0 Å². The number of rotatable bonds is 4. The van der Waals surface area contributed by atoms with Gasteiger partial charge in [-0.15, -0.1) is 0 Å². The van der Waals surface area contributed by atoms with Crippen LogP contribution >= 0.6 is 0 Å². The zero-order chi connectivity index (χ0) is 24.3. The fraction of sp³-hybridized carbons (Fsp3) is 0.560. The molecule has 2 aliphatic rings. The number of morpholine rings is 1. The molecule has 2 aliphatic heterocycles. The van der Waals surface area contributed by atoms with Crippen molar-refractivity contribution in [3.63, 3.8) is 0 Å². The zero-order valence-corrected chi connectivity index (χ0v) is 20.7. The molecule has 0 N–H and O–H groups in total. The second-order valence-corrected chi connectivity index (χ2v) is 9.85. The minimum Gasteiger partial charge on any atom is -0.497 e. The highest BCUT2D eigenvalue weighted by atomic mass is 16.6. The van der Waals surface area contributed by atoms with Crippen molar-refractivity contribution in [1.29, 1.82) is 0 Å². The molecule has 1 aromatic heterocycles. The number of hydrogen-bond donors (Lipinski definition) is 0. The number of aromatic nitrogens is 2. The third-order valence-corrected chi connectivity index (χ3v) is 5.94. The number of hydrogen-bond acceptors (Lipinski definition) is 8. The normalized spacial score (nSPS) is 18.0. The van der Waals surface area contributed by atoms with Crippen LogP contribution in [0.15, 0.2) is 30.3 Å². The van der Waals surface area contributed by atoms with Gasteiger partial charge < -0.3 is 28.7 Å². The summed E-state index contributed by atoms with van der Waals surface area (Å²) in [6.07, 6.45) is 1.27. The molecule has 34 heavy (non-hydrogen) atoms. The van der Waals surface area contributed by atoms with Crippen LogP contribution in [0.1, 0.15) is 39.3 Å². The standard InChI is InChI=1S/C25H34N4O5/c1-18-15-21(33-20-8-6-7-19(16-20)31-5)27-22(26-18)28-11-9-25(10-12-28)17-29(13-14-32-25)23(30)34-24(2,3)4/h6-8,15-16H,9-14,17H2,1-5H3. The summed E-state index contributed by atoms with van der Waals surface area (Å²) in [6.45, 7) is 10.6. The van der Waals surface area contributed by atoms with E-state index >= 15 is 0 Å². The van der Waals surface area contributed by atoms with Gasteiger partial charge in [0.2, 0.25) is 11.8 Å². The Labute approximate surface area is 201 Å². The summed E-state index contributed by atoms with van der Waals surface area (Å²) in [5, 5.41) is 0. The lowest BCUT2D eigenvalue weighted by atomic mass is 9.89. The van der Waals surface area contributed by atoms with Crippen LogP contribution in [0.3, 0.4) is 0 Å². The second kappa shape index (κ2) is 9.66. The molecule has 3 heterocycles. The highest BCUT2D eigenvalue weighted by molar-refractivity contribution is 5.68. The van der Waals surface area contributed by atoms with Crippen molar-refractivity contribution in [2.45, 2.75) is 51.7 Å². The lowest BCUT2D eigenvalue weighted by molar-refractivity contribution is -0.119.